The quantitative estimate of drug-likeness (QED) is 0.913. The lowest BCUT2D eigenvalue weighted by Crippen LogP contribution is -2.00. The zero-order valence-electron chi connectivity index (χ0n) is 9.04. The third-order valence-corrected chi connectivity index (χ3v) is 2.88. The fourth-order valence-electron chi connectivity index (χ4n) is 1.30. The van der Waals surface area contributed by atoms with Gasteiger partial charge in [0.2, 0.25) is 0 Å². The molecular formula is C11H10BrFN4. The van der Waals surface area contributed by atoms with Crippen LogP contribution in [0.4, 0.5) is 21.7 Å². The number of nitrogens with zero attached hydrogens (tertiary/aromatic N) is 2. The van der Waals surface area contributed by atoms with Crippen molar-refractivity contribution in [3.8, 4) is 0 Å². The van der Waals surface area contributed by atoms with Crippen LogP contribution in [-0.4, -0.2) is 17.0 Å². The number of aromatic nitrogens is 2. The van der Waals surface area contributed by atoms with Crippen molar-refractivity contribution in [3.63, 3.8) is 0 Å². The number of anilines is 3. The normalized spacial score (nSPS) is 10.1. The monoisotopic (exact) mass is 296 g/mol. The molecule has 0 bridgehead atoms. The number of nitrogens with one attached hydrogen (secondary N) is 2. The van der Waals surface area contributed by atoms with E-state index < -0.39 is 0 Å². The maximum Gasteiger partial charge on any atom is 0.150 e. The first-order chi connectivity index (χ1) is 8.20. The smallest absolute Gasteiger partial charge is 0.150 e. The predicted molar refractivity (Wildman–Crippen MR) is 69.0 cm³/mol. The summed E-state index contributed by atoms with van der Waals surface area (Å²) >= 11 is 3.39. The third kappa shape index (κ3) is 2.71. The van der Waals surface area contributed by atoms with Gasteiger partial charge in [-0.05, 0) is 40.2 Å². The van der Waals surface area contributed by atoms with Gasteiger partial charge in [-0.2, -0.15) is 0 Å². The molecule has 0 saturated carbocycles. The van der Waals surface area contributed by atoms with Gasteiger partial charge in [-0.15, -0.1) is 0 Å². The molecule has 0 fully saturated rings. The molecule has 1 aromatic carbocycles. The van der Waals surface area contributed by atoms with Crippen LogP contribution in [-0.2, 0) is 0 Å². The van der Waals surface area contributed by atoms with Crippen molar-refractivity contribution in [1.82, 2.24) is 9.97 Å². The number of benzene rings is 1. The lowest BCUT2D eigenvalue weighted by Gasteiger charge is -2.09. The van der Waals surface area contributed by atoms with Gasteiger partial charge in [-0.25, -0.2) is 14.4 Å². The first-order valence-electron chi connectivity index (χ1n) is 4.91. The first-order valence-corrected chi connectivity index (χ1v) is 5.71. The Bertz CT molecular complexity index is 515. The molecule has 0 radical (unpaired) electrons. The number of rotatable bonds is 3. The summed E-state index contributed by atoms with van der Waals surface area (Å²) in [5.41, 5.74) is 0.757. The predicted octanol–water partition coefficient (Wildman–Crippen LogP) is 3.16. The van der Waals surface area contributed by atoms with Crippen LogP contribution in [0.25, 0.3) is 0 Å². The van der Waals surface area contributed by atoms with E-state index >= 15 is 0 Å². The minimum atomic E-state index is -0.270. The minimum Gasteiger partial charge on any atom is -0.372 e. The lowest BCUT2D eigenvalue weighted by atomic mass is 10.3. The summed E-state index contributed by atoms with van der Waals surface area (Å²) in [7, 11) is 1.77. The Hall–Kier alpha value is -1.69. The third-order valence-electron chi connectivity index (χ3n) is 2.13. The van der Waals surface area contributed by atoms with Crippen molar-refractivity contribution < 1.29 is 4.39 Å². The second-order valence-electron chi connectivity index (χ2n) is 3.27. The molecule has 0 aliphatic carbocycles. The van der Waals surface area contributed by atoms with Crippen LogP contribution < -0.4 is 10.6 Å². The van der Waals surface area contributed by atoms with Crippen LogP contribution in [0.2, 0.25) is 0 Å². The van der Waals surface area contributed by atoms with Gasteiger partial charge >= 0.3 is 0 Å². The molecule has 1 aromatic heterocycles. The number of hydrogen-bond donors (Lipinski definition) is 2. The summed E-state index contributed by atoms with van der Waals surface area (Å²) in [6.45, 7) is 0. The second kappa shape index (κ2) is 5.09. The molecule has 6 heteroatoms. The number of halogens is 2. The zero-order chi connectivity index (χ0) is 12.3. The van der Waals surface area contributed by atoms with E-state index in [-0.39, 0.29) is 5.82 Å². The Morgan fingerprint density at radius 1 is 1.12 bits per heavy atom. The number of hydrogen-bond acceptors (Lipinski definition) is 4. The maximum atomic E-state index is 12.8. The fraction of sp³-hybridized carbons (Fsp3) is 0.0909. The van der Waals surface area contributed by atoms with Crippen LogP contribution in [0, 0.1) is 5.82 Å². The van der Waals surface area contributed by atoms with Gasteiger partial charge in [0.15, 0.2) is 0 Å². The Morgan fingerprint density at radius 2 is 1.76 bits per heavy atom. The minimum absolute atomic E-state index is 0.270. The van der Waals surface area contributed by atoms with Crippen molar-refractivity contribution in [1.29, 1.82) is 0 Å². The summed E-state index contributed by atoms with van der Waals surface area (Å²) in [6, 6.07) is 6.05. The zero-order valence-corrected chi connectivity index (χ0v) is 10.6. The molecule has 2 aromatic rings. The van der Waals surface area contributed by atoms with Crippen molar-refractivity contribution in [3.05, 3.63) is 40.9 Å². The van der Waals surface area contributed by atoms with Crippen molar-refractivity contribution in [2.24, 2.45) is 0 Å². The second-order valence-corrected chi connectivity index (χ2v) is 4.06. The van der Waals surface area contributed by atoms with Gasteiger partial charge in [0.05, 0.1) is 0 Å². The van der Waals surface area contributed by atoms with Crippen LogP contribution in [0.1, 0.15) is 0 Å². The van der Waals surface area contributed by atoms with Crippen LogP contribution in [0.3, 0.4) is 0 Å². The average Bonchev–Trinajstić information content (AvgIpc) is 2.35. The van der Waals surface area contributed by atoms with Gasteiger partial charge in [0.25, 0.3) is 0 Å². The molecule has 0 amide bonds. The summed E-state index contributed by atoms with van der Waals surface area (Å²) in [6.07, 6.45) is 1.45. The van der Waals surface area contributed by atoms with E-state index in [1.807, 2.05) is 0 Å². The fourth-order valence-corrected chi connectivity index (χ4v) is 1.80. The van der Waals surface area contributed by atoms with E-state index in [2.05, 4.69) is 36.5 Å². The van der Waals surface area contributed by atoms with Gasteiger partial charge in [0.1, 0.15) is 28.3 Å². The Labute approximate surface area is 106 Å². The molecule has 1 heterocycles. The highest BCUT2D eigenvalue weighted by atomic mass is 79.9. The highest BCUT2D eigenvalue weighted by Gasteiger charge is 2.07. The molecule has 88 valence electrons. The van der Waals surface area contributed by atoms with Crippen LogP contribution in [0.5, 0.6) is 0 Å². The molecule has 2 N–H and O–H groups in total. The molecule has 2 rings (SSSR count). The highest BCUT2D eigenvalue weighted by molar-refractivity contribution is 9.10. The van der Waals surface area contributed by atoms with E-state index in [0.717, 1.165) is 10.2 Å². The van der Waals surface area contributed by atoms with Crippen LogP contribution in [0.15, 0.2) is 35.1 Å². The van der Waals surface area contributed by atoms with Crippen molar-refractivity contribution in [2.75, 3.05) is 17.7 Å². The van der Waals surface area contributed by atoms with E-state index in [1.165, 1.54) is 18.5 Å². The SMILES string of the molecule is CNc1ncnc(Nc2ccc(F)cc2)c1Br. The molecular weight excluding hydrogens is 287 g/mol. The van der Waals surface area contributed by atoms with E-state index in [4.69, 9.17) is 0 Å². The molecule has 17 heavy (non-hydrogen) atoms. The van der Waals surface area contributed by atoms with Gasteiger partial charge in [-0.3, -0.25) is 0 Å². The Kier molecular flexibility index (Phi) is 3.53. The summed E-state index contributed by atoms with van der Waals surface area (Å²) < 4.78 is 13.5. The topological polar surface area (TPSA) is 49.8 Å². The summed E-state index contributed by atoms with van der Waals surface area (Å²) in [4.78, 5) is 8.15. The molecule has 0 atom stereocenters. The average molecular weight is 297 g/mol. The Morgan fingerprint density at radius 3 is 2.41 bits per heavy atom. The van der Waals surface area contributed by atoms with Gasteiger partial charge in [-0.1, -0.05) is 0 Å². The van der Waals surface area contributed by atoms with Gasteiger partial charge < -0.3 is 10.6 Å². The molecule has 0 aliphatic heterocycles. The van der Waals surface area contributed by atoms with Crippen molar-refractivity contribution in [2.45, 2.75) is 0 Å². The van der Waals surface area contributed by atoms with E-state index in [0.29, 0.717) is 11.6 Å². The molecule has 0 saturated heterocycles. The maximum absolute atomic E-state index is 12.8. The lowest BCUT2D eigenvalue weighted by molar-refractivity contribution is 0.628. The largest absolute Gasteiger partial charge is 0.372 e. The van der Waals surface area contributed by atoms with Gasteiger partial charge in [0, 0.05) is 12.7 Å². The van der Waals surface area contributed by atoms with Crippen molar-refractivity contribution >= 4 is 33.3 Å². The summed E-state index contributed by atoms with van der Waals surface area (Å²) in [5.74, 6) is 1.04. The molecule has 0 aliphatic rings. The van der Waals surface area contributed by atoms with E-state index in [1.54, 1.807) is 19.2 Å². The standard InChI is InChI=1S/C11H10BrFN4/c1-14-10-9(12)11(16-6-15-10)17-8-4-2-7(13)3-5-8/h2-6H,1H3,(H2,14,15,16,17). The highest BCUT2D eigenvalue weighted by Crippen LogP contribution is 2.28. The van der Waals surface area contributed by atoms with E-state index in [9.17, 15) is 4.39 Å². The first kappa shape index (κ1) is 11.8. The molecule has 4 nitrogen and oxygen atoms in total. The molecule has 0 unspecified atom stereocenters. The van der Waals surface area contributed by atoms with Crippen LogP contribution >= 0.6 is 15.9 Å². The molecule has 0 spiro atoms. The Balaban J connectivity index is 2.27. The summed E-state index contributed by atoms with van der Waals surface area (Å²) in [5, 5.41) is 6.00.